The summed E-state index contributed by atoms with van der Waals surface area (Å²) < 4.78 is 7.60. The number of ether oxygens (including phenoxy) is 1. The van der Waals surface area contributed by atoms with E-state index in [1.54, 1.807) is 31.4 Å². The molecule has 29 heavy (non-hydrogen) atoms. The highest BCUT2D eigenvalue weighted by molar-refractivity contribution is 6.31. The highest BCUT2D eigenvalue weighted by atomic mass is 35.5. The normalized spacial score (nSPS) is 11.1. The lowest BCUT2D eigenvalue weighted by Gasteiger charge is -2.14. The van der Waals surface area contributed by atoms with Crippen LogP contribution in [0.1, 0.15) is 16.7 Å². The fourth-order valence-corrected chi connectivity index (χ4v) is 3.76. The van der Waals surface area contributed by atoms with Crippen molar-refractivity contribution >= 4 is 22.5 Å². The largest absolute Gasteiger partial charge is 0.438 e. The van der Waals surface area contributed by atoms with E-state index in [-0.39, 0.29) is 5.56 Å². The van der Waals surface area contributed by atoms with Gasteiger partial charge in [-0.05, 0) is 73.9 Å². The smallest absolute Gasteiger partial charge is 0.261 e. The molecule has 0 N–H and O–H groups in total. The number of nitrogens with zero attached hydrogens (tertiary/aromatic N) is 3. The van der Waals surface area contributed by atoms with Crippen molar-refractivity contribution in [3.05, 3.63) is 80.7 Å². The minimum absolute atomic E-state index is 0.170. The second kappa shape index (κ2) is 7.33. The maximum atomic E-state index is 13.0. The van der Waals surface area contributed by atoms with Gasteiger partial charge in [0.25, 0.3) is 5.56 Å². The Bertz CT molecular complexity index is 1290. The van der Waals surface area contributed by atoms with Gasteiger partial charge in [-0.1, -0.05) is 17.7 Å². The van der Waals surface area contributed by atoms with Crippen molar-refractivity contribution in [3.8, 4) is 23.0 Å². The first-order valence-electron chi connectivity index (χ1n) is 9.22. The van der Waals surface area contributed by atoms with Crippen LogP contribution in [0.3, 0.4) is 0 Å². The third-order valence-corrected chi connectivity index (χ3v) is 4.98. The van der Waals surface area contributed by atoms with E-state index >= 15 is 0 Å². The van der Waals surface area contributed by atoms with Gasteiger partial charge in [-0.2, -0.15) is 0 Å². The highest BCUT2D eigenvalue weighted by Crippen LogP contribution is 2.31. The van der Waals surface area contributed by atoms with Crippen molar-refractivity contribution in [2.45, 2.75) is 20.8 Å². The molecule has 0 aliphatic carbocycles. The van der Waals surface area contributed by atoms with Crippen molar-refractivity contribution < 1.29 is 4.74 Å². The maximum absolute atomic E-state index is 13.0. The lowest BCUT2D eigenvalue weighted by atomic mass is 10.1. The number of hydrogen-bond donors (Lipinski definition) is 0. The zero-order valence-electron chi connectivity index (χ0n) is 16.7. The Kier molecular flexibility index (Phi) is 4.84. The van der Waals surface area contributed by atoms with E-state index in [4.69, 9.17) is 21.3 Å². The molecule has 0 amide bonds. The fraction of sp³-hybridized carbons (Fsp3) is 0.174. The maximum Gasteiger partial charge on any atom is 0.261 e. The lowest BCUT2D eigenvalue weighted by Crippen LogP contribution is -2.21. The van der Waals surface area contributed by atoms with E-state index in [0.717, 1.165) is 16.7 Å². The van der Waals surface area contributed by atoms with E-state index < -0.39 is 0 Å². The second-order valence-electron chi connectivity index (χ2n) is 7.20. The number of halogens is 1. The summed E-state index contributed by atoms with van der Waals surface area (Å²) in [5, 5.41) is 1.00. The molecule has 146 valence electrons. The molecule has 4 rings (SSSR count). The zero-order chi connectivity index (χ0) is 20.7. The van der Waals surface area contributed by atoms with Crippen LogP contribution in [0, 0.1) is 20.8 Å². The predicted molar refractivity (Wildman–Crippen MR) is 116 cm³/mol. The first-order valence-corrected chi connectivity index (χ1v) is 9.59. The number of aromatic nitrogens is 3. The van der Waals surface area contributed by atoms with Crippen LogP contribution in [0.25, 0.3) is 22.3 Å². The third-order valence-electron chi connectivity index (χ3n) is 4.76. The fourth-order valence-electron chi connectivity index (χ4n) is 3.49. The van der Waals surface area contributed by atoms with Gasteiger partial charge >= 0.3 is 0 Å². The van der Waals surface area contributed by atoms with E-state index in [1.807, 2.05) is 39.0 Å². The number of aryl methyl sites for hydroxylation is 3. The average Bonchev–Trinajstić information content (AvgIpc) is 2.65. The summed E-state index contributed by atoms with van der Waals surface area (Å²) in [4.78, 5) is 22.2. The summed E-state index contributed by atoms with van der Waals surface area (Å²) in [5.41, 5.74) is 4.13. The van der Waals surface area contributed by atoms with Crippen LogP contribution < -0.4 is 10.3 Å². The van der Waals surface area contributed by atoms with Crippen molar-refractivity contribution in [3.63, 3.8) is 0 Å². The van der Waals surface area contributed by atoms with Crippen molar-refractivity contribution in [2.75, 3.05) is 0 Å². The molecule has 0 aliphatic heterocycles. The Morgan fingerprint density at radius 1 is 1.03 bits per heavy atom. The Balaban J connectivity index is 1.91. The van der Waals surface area contributed by atoms with E-state index in [1.165, 1.54) is 4.57 Å². The molecule has 0 saturated carbocycles. The molecule has 0 atom stereocenters. The molecule has 4 aromatic rings. The Hall–Kier alpha value is -3.18. The summed E-state index contributed by atoms with van der Waals surface area (Å²) in [6.07, 6.45) is 1.66. The summed E-state index contributed by atoms with van der Waals surface area (Å²) in [5.74, 6) is 1.57. The molecular weight excluding hydrogens is 386 g/mol. The molecular formula is C23H20ClN3O2. The van der Waals surface area contributed by atoms with Gasteiger partial charge in [0.1, 0.15) is 11.6 Å². The van der Waals surface area contributed by atoms with Gasteiger partial charge in [-0.3, -0.25) is 9.36 Å². The van der Waals surface area contributed by atoms with Gasteiger partial charge < -0.3 is 4.74 Å². The van der Waals surface area contributed by atoms with Crippen molar-refractivity contribution in [1.29, 1.82) is 0 Å². The summed E-state index contributed by atoms with van der Waals surface area (Å²) in [7, 11) is 1.69. The number of pyridine rings is 1. The second-order valence-corrected chi connectivity index (χ2v) is 7.64. The molecule has 0 unspecified atom stereocenters. The molecule has 0 aliphatic rings. The average molecular weight is 406 g/mol. The molecule has 5 nitrogen and oxygen atoms in total. The van der Waals surface area contributed by atoms with Crippen LogP contribution >= 0.6 is 11.6 Å². The summed E-state index contributed by atoms with van der Waals surface area (Å²) in [6, 6.07) is 13.1. The van der Waals surface area contributed by atoms with Gasteiger partial charge in [0.2, 0.25) is 5.88 Å². The first-order chi connectivity index (χ1) is 13.8. The van der Waals surface area contributed by atoms with Gasteiger partial charge in [-0.15, -0.1) is 0 Å². The van der Waals surface area contributed by atoms with Gasteiger partial charge in [0.05, 0.1) is 16.5 Å². The lowest BCUT2D eigenvalue weighted by molar-refractivity contribution is 0.463. The zero-order valence-corrected chi connectivity index (χ0v) is 17.4. The number of fused-ring (bicyclic) bond motifs is 1. The molecule has 2 heterocycles. The molecule has 2 aromatic heterocycles. The van der Waals surface area contributed by atoms with E-state index in [2.05, 4.69) is 11.1 Å². The van der Waals surface area contributed by atoms with Gasteiger partial charge in [0.15, 0.2) is 0 Å². The number of benzene rings is 2. The molecule has 0 saturated heterocycles. The Morgan fingerprint density at radius 3 is 2.48 bits per heavy atom. The minimum Gasteiger partial charge on any atom is -0.438 e. The number of hydrogen-bond acceptors (Lipinski definition) is 4. The monoisotopic (exact) mass is 405 g/mol. The SMILES string of the molecule is Cc1cc(C)cc(Oc2ncccc2-c2nc3c(C)cc(Cl)cc3c(=O)n2C)c1. The molecule has 0 radical (unpaired) electrons. The molecule has 0 spiro atoms. The minimum atomic E-state index is -0.170. The van der Waals surface area contributed by atoms with Crippen LogP contribution in [0.4, 0.5) is 0 Å². The van der Waals surface area contributed by atoms with Crippen molar-refractivity contribution in [2.24, 2.45) is 7.05 Å². The Morgan fingerprint density at radius 2 is 1.76 bits per heavy atom. The van der Waals surface area contributed by atoms with E-state index in [9.17, 15) is 4.79 Å². The first kappa shape index (κ1) is 19.2. The topological polar surface area (TPSA) is 57.0 Å². The quantitative estimate of drug-likeness (QED) is 0.460. The van der Waals surface area contributed by atoms with Crippen LogP contribution in [0.15, 0.2) is 53.5 Å². The summed E-state index contributed by atoms with van der Waals surface area (Å²) in [6.45, 7) is 5.92. The molecule has 2 aromatic carbocycles. The van der Waals surface area contributed by atoms with Crippen LogP contribution in [0.2, 0.25) is 5.02 Å². The molecule has 6 heteroatoms. The summed E-state index contributed by atoms with van der Waals surface area (Å²) >= 11 is 6.14. The number of rotatable bonds is 3. The third kappa shape index (κ3) is 3.61. The predicted octanol–water partition coefficient (Wildman–Crippen LogP) is 5.37. The standard InChI is InChI=1S/C23H20ClN3O2/c1-13-8-14(2)10-17(9-13)29-22-18(6-5-7-25-22)21-26-20-15(3)11-16(24)12-19(20)23(28)27(21)4/h5-12H,1-4H3. The van der Waals surface area contributed by atoms with Gasteiger partial charge in [-0.25, -0.2) is 9.97 Å². The van der Waals surface area contributed by atoms with Gasteiger partial charge in [0, 0.05) is 18.3 Å². The van der Waals surface area contributed by atoms with Crippen molar-refractivity contribution in [1.82, 2.24) is 14.5 Å². The molecule has 0 fully saturated rings. The molecule has 0 bridgehead atoms. The van der Waals surface area contributed by atoms with Crippen LogP contribution in [-0.2, 0) is 7.05 Å². The van der Waals surface area contributed by atoms with Crippen LogP contribution in [-0.4, -0.2) is 14.5 Å². The van der Waals surface area contributed by atoms with E-state index in [0.29, 0.717) is 38.9 Å². The van der Waals surface area contributed by atoms with Crippen LogP contribution in [0.5, 0.6) is 11.6 Å². The Labute approximate surface area is 173 Å². The highest BCUT2D eigenvalue weighted by Gasteiger charge is 2.17.